The minimum absolute atomic E-state index is 0.763. The van der Waals surface area contributed by atoms with Crippen LogP contribution in [0.2, 0.25) is 0 Å². The lowest BCUT2D eigenvalue weighted by Crippen LogP contribution is -2.44. The molecule has 1 fully saturated rings. The second kappa shape index (κ2) is 5.18. The minimum atomic E-state index is 0.763. The summed E-state index contributed by atoms with van der Waals surface area (Å²) < 4.78 is 1.00. The molecule has 6 heteroatoms. The van der Waals surface area contributed by atoms with Crippen molar-refractivity contribution in [2.75, 3.05) is 50.1 Å². The van der Waals surface area contributed by atoms with E-state index >= 15 is 0 Å². The lowest BCUT2D eigenvalue weighted by atomic mass is 10.3. The first-order valence-electron chi connectivity index (χ1n) is 5.76. The van der Waals surface area contributed by atoms with E-state index in [9.17, 15) is 0 Å². The fourth-order valence-electron chi connectivity index (χ4n) is 1.82. The van der Waals surface area contributed by atoms with E-state index in [2.05, 4.69) is 36.1 Å². The first-order valence-corrected chi connectivity index (χ1v) is 6.56. The van der Waals surface area contributed by atoms with E-state index in [4.69, 9.17) is 0 Å². The molecule has 1 aliphatic rings. The molecule has 1 N–H and O–H groups in total. The van der Waals surface area contributed by atoms with E-state index in [-0.39, 0.29) is 0 Å². The first kappa shape index (κ1) is 12.6. The molecule has 5 nitrogen and oxygen atoms in total. The van der Waals surface area contributed by atoms with E-state index in [1.807, 2.05) is 25.9 Å². The Bertz CT molecular complexity index is 401. The van der Waals surface area contributed by atoms with Gasteiger partial charge in [0.2, 0.25) is 5.95 Å². The molecule has 1 aromatic rings. The van der Waals surface area contributed by atoms with Crippen molar-refractivity contribution in [3.05, 3.63) is 10.2 Å². The molecule has 1 aromatic heterocycles. The van der Waals surface area contributed by atoms with Crippen LogP contribution >= 0.6 is 15.9 Å². The van der Waals surface area contributed by atoms with Gasteiger partial charge in [0.25, 0.3) is 0 Å². The first-order chi connectivity index (χ1) is 8.09. The molecule has 0 atom stereocenters. The fraction of sp³-hybridized carbons (Fsp3) is 0.636. The van der Waals surface area contributed by atoms with Crippen LogP contribution in [0, 0.1) is 6.92 Å². The molecule has 0 aromatic carbocycles. The molecule has 0 spiro atoms. The monoisotopic (exact) mass is 299 g/mol. The standard InChI is InChI=1S/C11H18BrN5/c1-8-9(12)10(15-11(14-8)16(2)3)17-6-4-13-5-7-17/h13H,4-7H2,1-3H3. The molecule has 2 heterocycles. The maximum absolute atomic E-state index is 4.62. The molecule has 0 radical (unpaired) electrons. The van der Waals surface area contributed by atoms with Crippen LogP contribution in [0.4, 0.5) is 11.8 Å². The molecule has 0 aliphatic carbocycles. The molecular weight excluding hydrogens is 282 g/mol. The largest absolute Gasteiger partial charge is 0.353 e. The Kier molecular flexibility index (Phi) is 3.83. The van der Waals surface area contributed by atoms with E-state index in [1.54, 1.807) is 0 Å². The van der Waals surface area contributed by atoms with Crippen molar-refractivity contribution >= 4 is 27.7 Å². The number of piperazine rings is 1. The van der Waals surface area contributed by atoms with Gasteiger partial charge in [0, 0.05) is 40.3 Å². The number of hydrogen-bond acceptors (Lipinski definition) is 5. The van der Waals surface area contributed by atoms with E-state index in [0.29, 0.717) is 0 Å². The number of aromatic nitrogens is 2. The van der Waals surface area contributed by atoms with Gasteiger partial charge in [-0.25, -0.2) is 4.98 Å². The molecule has 94 valence electrons. The fourth-order valence-corrected chi connectivity index (χ4v) is 2.24. The molecule has 1 saturated heterocycles. The summed E-state index contributed by atoms with van der Waals surface area (Å²) in [6.45, 7) is 5.99. The van der Waals surface area contributed by atoms with Crippen molar-refractivity contribution < 1.29 is 0 Å². The Hall–Kier alpha value is -0.880. The van der Waals surface area contributed by atoms with Crippen LogP contribution < -0.4 is 15.1 Å². The summed E-state index contributed by atoms with van der Waals surface area (Å²) in [4.78, 5) is 13.3. The van der Waals surface area contributed by atoms with Crippen LogP contribution in [0.15, 0.2) is 4.47 Å². The number of hydrogen-bond donors (Lipinski definition) is 1. The van der Waals surface area contributed by atoms with Gasteiger partial charge in [-0.05, 0) is 22.9 Å². The summed E-state index contributed by atoms with van der Waals surface area (Å²) in [6.07, 6.45) is 0. The van der Waals surface area contributed by atoms with Crippen LogP contribution in [-0.2, 0) is 0 Å². The van der Waals surface area contributed by atoms with Crippen molar-refractivity contribution in [1.82, 2.24) is 15.3 Å². The summed E-state index contributed by atoms with van der Waals surface area (Å²) in [7, 11) is 3.93. The van der Waals surface area contributed by atoms with Gasteiger partial charge in [-0.1, -0.05) is 0 Å². The second-order valence-electron chi connectivity index (χ2n) is 4.38. The maximum Gasteiger partial charge on any atom is 0.227 e. The highest BCUT2D eigenvalue weighted by molar-refractivity contribution is 9.10. The van der Waals surface area contributed by atoms with Crippen LogP contribution in [0.3, 0.4) is 0 Å². The smallest absolute Gasteiger partial charge is 0.227 e. The maximum atomic E-state index is 4.62. The molecule has 0 unspecified atom stereocenters. The van der Waals surface area contributed by atoms with Crippen molar-refractivity contribution in [2.24, 2.45) is 0 Å². The Morgan fingerprint density at radius 3 is 2.47 bits per heavy atom. The SMILES string of the molecule is Cc1nc(N(C)C)nc(N2CCNCC2)c1Br. The lowest BCUT2D eigenvalue weighted by molar-refractivity contribution is 0.583. The van der Waals surface area contributed by atoms with Gasteiger partial charge >= 0.3 is 0 Å². The van der Waals surface area contributed by atoms with Gasteiger partial charge in [0.05, 0.1) is 10.2 Å². The summed E-state index contributed by atoms with van der Waals surface area (Å²) >= 11 is 3.59. The third-order valence-electron chi connectivity index (χ3n) is 2.80. The third kappa shape index (κ3) is 2.69. The van der Waals surface area contributed by atoms with Crippen molar-refractivity contribution in [3.63, 3.8) is 0 Å². The molecule has 0 amide bonds. The number of halogens is 1. The van der Waals surface area contributed by atoms with Gasteiger partial charge in [-0.2, -0.15) is 4.98 Å². The summed E-state index contributed by atoms with van der Waals surface area (Å²) in [5.41, 5.74) is 0.984. The van der Waals surface area contributed by atoms with Gasteiger partial charge < -0.3 is 15.1 Å². The van der Waals surface area contributed by atoms with Gasteiger partial charge in [0.15, 0.2) is 0 Å². The third-order valence-corrected chi connectivity index (χ3v) is 3.73. The molecule has 0 saturated carbocycles. The van der Waals surface area contributed by atoms with Crippen molar-refractivity contribution in [3.8, 4) is 0 Å². The zero-order valence-corrected chi connectivity index (χ0v) is 12.1. The van der Waals surface area contributed by atoms with Crippen LogP contribution in [-0.4, -0.2) is 50.2 Å². The van der Waals surface area contributed by atoms with Gasteiger partial charge in [-0.15, -0.1) is 0 Å². The topological polar surface area (TPSA) is 44.3 Å². The van der Waals surface area contributed by atoms with Crippen LogP contribution in [0.5, 0.6) is 0 Å². The molecule has 2 rings (SSSR count). The normalized spacial score (nSPS) is 16.1. The van der Waals surface area contributed by atoms with E-state index in [1.165, 1.54) is 0 Å². The quantitative estimate of drug-likeness (QED) is 0.883. The number of nitrogens with one attached hydrogen (secondary N) is 1. The predicted molar refractivity (Wildman–Crippen MR) is 73.9 cm³/mol. The molecule has 0 bridgehead atoms. The average molecular weight is 300 g/mol. The minimum Gasteiger partial charge on any atom is -0.353 e. The van der Waals surface area contributed by atoms with Gasteiger partial charge in [-0.3, -0.25) is 0 Å². The number of anilines is 2. The lowest BCUT2D eigenvalue weighted by Gasteiger charge is -2.30. The Morgan fingerprint density at radius 2 is 1.88 bits per heavy atom. The van der Waals surface area contributed by atoms with Crippen molar-refractivity contribution in [1.29, 1.82) is 0 Å². The van der Waals surface area contributed by atoms with Crippen molar-refractivity contribution in [2.45, 2.75) is 6.92 Å². The highest BCUT2D eigenvalue weighted by Crippen LogP contribution is 2.28. The number of nitrogens with zero attached hydrogens (tertiary/aromatic N) is 4. The zero-order chi connectivity index (χ0) is 12.4. The summed E-state index contributed by atoms with van der Waals surface area (Å²) in [5.74, 6) is 1.77. The average Bonchev–Trinajstić information content (AvgIpc) is 2.33. The number of aryl methyl sites for hydroxylation is 1. The highest BCUT2D eigenvalue weighted by Gasteiger charge is 2.18. The Morgan fingerprint density at radius 1 is 1.24 bits per heavy atom. The van der Waals surface area contributed by atoms with Gasteiger partial charge in [0.1, 0.15) is 5.82 Å². The molecule has 1 aliphatic heterocycles. The highest BCUT2D eigenvalue weighted by atomic mass is 79.9. The Labute approximate surface area is 110 Å². The van der Waals surface area contributed by atoms with Crippen LogP contribution in [0.1, 0.15) is 5.69 Å². The van der Waals surface area contributed by atoms with Crippen LogP contribution in [0.25, 0.3) is 0 Å². The van der Waals surface area contributed by atoms with E-state index < -0.39 is 0 Å². The summed E-state index contributed by atoms with van der Waals surface area (Å²) in [5, 5.41) is 3.35. The molecule has 17 heavy (non-hydrogen) atoms. The Balaban J connectivity index is 2.36. The number of rotatable bonds is 2. The molecular formula is C11H18BrN5. The van der Waals surface area contributed by atoms with E-state index in [0.717, 1.165) is 48.1 Å². The second-order valence-corrected chi connectivity index (χ2v) is 5.17. The predicted octanol–water partition coefficient (Wildman–Crippen LogP) is 1.02. The zero-order valence-electron chi connectivity index (χ0n) is 10.5. The summed E-state index contributed by atoms with van der Waals surface area (Å²) in [6, 6.07) is 0.